The first-order valence-electron chi connectivity index (χ1n) is 9.45. The highest BCUT2D eigenvalue weighted by Gasteiger charge is 2.31. The van der Waals surface area contributed by atoms with Gasteiger partial charge >= 0.3 is 0 Å². The van der Waals surface area contributed by atoms with Crippen LogP contribution in [0.4, 0.5) is 11.8 Å². The first-order chi connectivity index (χ1) is 13.0. The number of nitrogens with one attached hydrogen (secondary N) is 1. The van der Waals surface area contributed by atoms with E-state index >= 15 is 0 Å². The Morgan fingerprint density at radius 3 is 2.78 bits per heavy atom. The normalized spacial score (nSPS) is 19.5. The van der Waals surface area contributed by atoms with Gasteiger partial charge in [-0.2, -0.15) is 4.98 Å². The summed E-state index contributed by atoms with van der Waals surface area (Å²) >= 11 is 0. The van der Waals surface area contributed by atoms with E-state index in [1.807, 2.05) is 25.1 Å². The average Bonchev–Trinajstić information content (AvgIpc) is 2.69. The first-order valence-corrected chi connectivity index (χ1v) is 9.45. The van der Waals surface area contributed by atoms with E-state index in [0.29, 0.717) is 23.6 Å². The molecule has 0 unspecified atom stereocenters. The van der Waals surface area contributed by atoms with Crippen molar-refractivity contribution in [3.63, 3.8) is 0 Å². The predicted molar refractivity (Wildman–Crippen MR) is 106 cm³/mol. The van der Waals surface area contributed by atoms with Crippen molar-refractivity contribution in [1.82, 2.24) is 14.9 Å². The topological polar surface area (TPSA) is 104 Å². The van der Waals surface area contributed by atoms with Gasteiger partial charge in [-0.25, -0.2) is 4.98 Å². The average molecular weight is 369 g/mol. The van der Waals surface area contributed by atoms with Crippen molar-refractivity contribution in [3.8, 4) is 11.3 Å². The first kappa shape index (κ1) is 19.1. The Bertz CT molecular complexity index is 811. The summed E-state index contributed by atoms with van der Waals surface area (Å²) in [5, 5.41) is 13.3. The standard InChI is InChI=1S/C20H27N5O2/c1-3-25(16-9-4-5-10-17(16)26)19(27)14-8-6-7-13(11-14)15-12-18(22-2)24-20(21)23-15/h6-8,11-12,16-17,26H,3-5,9-10H2,1-2H3,(H3,21,22,23,24)/t16-,17-/m1/s1. The summed E-state index contributed by atoms with van der Waals surface area (Å²) in [6, 6.07) is 9.02. The number of aromatic nitrogens is 2. The lowest BCUT2D eigenvalue weighted by Gasteiger charge is -2.37. The number of amides is 1. The molecular formula is C20H27N5O2. The summed E-state index contributed by atoms with van der Waals surface area (Å²) in [6.07, 6.45) is 3.20. The molecule has 1 fully saturated rings. The van der Waals surface area contributed by atoms with E-state index in [-0.39, 0.29) is 17.9 Å². The molecule has 1 aliphatic rings. The summed E-state index contributed by atoms with van der Waals surface area (Å²) in [4.78, 5) is 23.3. The number of aliphatic hydroxyl groups excluding tert-OH is 1. The monoisotopic (exact) mass is 369 g/mol. The maximum absolute atomic E-state index is 13.1. The number of benzene rings is 1. The number of rotatable bonds is 5. The SMILES string of the molecule is CCN(C(=O)c1cccc(-c2cc(NC)nc(N)n2)c1)[C@@H]1CCCC[C@H]1O. The molecule has 4 N–H and O–H groups in total. The second kappa shape index (κ2) is 8.35. The van der Waals surface area contributed by atoms with E-state index in [0.717, 1.165) is 31.2 Å². The molecule has 2 aromatic rings. The van der Waals surface area contributed by atoms with Crippen molar-refractivity contribution in [2.24, 2.45) is 0 Å². The Kier molecular flexibility index (Phi) is 5.91. The van der Waals surface area contributed by atoms with Crippen LogP contribution in [0.15, 0.2) is 30.3 Å². The van der Waals surface area contributed by atoms with E-state index in [1.165, 1.54) is 0 Å². The van der Waals surface area contributed by atoms with E-state index in [1.54, 1.807) is 24.1 Å². The quantitative estimate of drug-likeness (QED) is 0.748. The van der Waals surface area contributed by atoms with Crippen LogP contribution in [-0.2, 0) is 0 Å². The van der Waals surface area contributed by atoms with Gasteiger partial charge < -0.3 is 21.1 Å². The highest BCUT2D eigenvalue weighted by Crippen LogP contribution is 2.26. The molecule has 0 radical (unpaired) electrons. The Morgan fingerprint density at radius 1 is 1.30 bits per heavy atom. The van der Waals surface area contributed by atoms with Gasteiger partial charge in [0.05, 0.1) is 17.8 Å². The molecule has 7 heteroatoms. The molecular weight excluding hydrogens is 342 g/mol. The number of nitrogens with zero attached hydrogens (tertiary/aromatic N) is 3. The van der Waals surface area contributed by atoms with E-state index in [9.17, 15) is 9.90 Å². The fraction of sp³-hybridized carbons (Fsp3) is 0.450. The number of nitrogens with two attached hydrogens (primary N) is 1. The van der Waals surface area contributed by atoms with Gasteiger partial charge in [-0.05, 0) is 31.9 Å². The minimum Gasteiger partial charge on any atom is -0.391 e. The largest absolute Gasteiger partial charge is 0.391 e. The van der Waals surface area contributed by atoms with Crippen LogP contribution < -0.4 is 11.1 Å². The van der Waals surface area contributed by atoms with Crippen LogP contribution in [-0.4, -0.2) is 51.6 Å². The van der Waals surface area contributed by atoms with E-state index in [4.69, 9.17) is 5.73 Å². The Balaban J connectivity index is 1.90. The second-order valence-electron chi connectivity index (χ2n) is 6.84. The highest BCUT2D eigenvalue weighted by atomic mass is 16.3. The van der Waals surface area contributed by atoms with Gasteiger partial charge in [0, 0.05) is 30.8 Å². The summed E-state index contributed by atoms with van der Waals surface area (Å²) in [5.74, 6) is 0.727. The van der Waals surface area contributed by atoms with Crippen LogP contribution in [0.5, 0.6) is 0 Å². The molecule has 1 saturated carbocycles. The lowest BCUT2D eigenvalue weighted by Crippen LogP contribution is -2.48. The number of anilines is 2. The highest BCUT2D eigenvalue weighted by molar-refractivity contribution is 5.95. The third kappa shape index (κ3) is 4.19. The molecule has 1 aromatic carbocycles. The molecule has 1 heterocycles. The van der Waals surface area contributed by atoms with Crippen LogP contribution in [0.1, 0.15) is 43.0 Å². The number of aliphatic hydroxyl groups is 1. The molecule has 1 aromatic heterocycles. The van der Waals surface area contributed by atoms with Crippen molar-refractivity contribution >= 4 is 17.7 Å². The number of hydrogen-bond donors (Lipinski definition) is 3. The van der Waals surface area contributed by atoms with E-state index < -0.39 is 6.10 Å². The maximum Gasteiger partial charge on any atom is 0.254 e. The van der Waals surface area contributed by atoms with Gasteiger partial charge in [-0.1, -0.05) is 25.0 Å². The number of nitrogen functional groups attached to an aromatic ring is 1. The number of hydrogen-bond acceptors (Lipinski definition) is 6. The Labute approximate surface area is 159 Å². The summed E-state index contributed by atoms with van der Waals surface area (Å²) in [7, 11) is 1.76. The van der Waals surface area contributed by atoms with Gasteiger partial charge in [0.2, 0.25) is 5.95 Å². The van der Waals surface area contributed by atoms with Gasteiger partial charge in [0.25, 0.3) is 5.91 Å². The van der Waals surface area contributed by atoms with Crippen molar-refractivity contribution in [1.29, 1.82) is 0 Å². The molecule has 7 nitrogen and oxygen atoms in total. The van der Waals surface area contributed by atoms with Crippen LogP contribution in [0.25, 0.3) is 11.3 Å². The number of likely N-dealkylation sites (N-methyl/N-ethyl adjacent to an activating group) is 1. The predicted octanol–water partition coefficient (Wildman–Crippen LogP) is 2.53. The van der Waals surface area contributed by atoms with Gasteiger partial charge in [0.15, 0.2) is 0 Å². The molecule has 0 bridgehead atoms. The second-order valence-corrected chi connectivity index (χ2v) is 6.84. The third-order valence-electron chi connectivity index (χ3n) is 5.10. The molecule has 1 aliphatic carbocycles. The molecule has 2 atom stereocenters. The van der Waals surface area contributed by atoms with Crippen molar-refractivity contribution in [2.75, 3.05) is 24.6 Å². The molecule has 0 aliphatic heterocycles. The van der Waals surface area contributed by atoms with Crippen molar-refractivity contribution < 1.29 is 9.90 Å². The van der Waals surface area contributed by atoms with Gasteiger partial charge in [0.1, 0.15) is 5.82 Å². The lowest BCUT2D eigenvalue weighted by atomic mass is 9.91. The minimum atomic E-state index is -0.453. The fourth-order valence-electron chi connectivity index (χ4n) is 3.70. The Morgan fingerprint density at radius 2 is 2.07 bits per heavy atom. The lowest BCUT2D eigenvalue weighted by molar-refractivity contribution is 0.0196. The molecule has 0 saturated heterocycles. The zero-order chi connectivity index (χ0) is 19.4. The maximum atomic E-state index is 13.1. The fourth-order valence-corrected chi connectivity index (χ4v) is 3.70. The Hall–Kier alpha value is -2.67. The van der Waals surface area contributed by atoms with E-state index in [2.05, 4.69) is 15.3 Å². The van der Waals surface area contributed by atoms with Gasteiger partial charge in [-0.15, -0.1) is 0 Å². The molecule has 3 rings (SSSR count). The number of carbonyl (C=O) groups excluding carboxylic acids is 1. The minimum absolute atomic E-state index is 0.0684. The summed E-state index contributed by atoms with van der Waals surface area (Å²) < 4.78 is 0. The summed E-state index contributed by atoms with van der Waals surface area (Å²) in [6.45, 7) is 2.52. The van der Waals surface area contributed by atoms with Crippen LogP contribution in [0.2, 0.25) is 0 Å². The zero-order valence-electron chi connectivity index (χ0n) is 15.9. The van der Waals surface area contributed by atoms with Crippen molar-refractivity contribution in [3.05, 3.63) is 35.9 Å². The number of carbonyl (C=O) groups is 1. The van der Waals surface area contributed by atoms with Crippen LogP contribution in [0.3, 0.4) is 0 Å². The zero-order valence-corrected chi connectivity index (χ0v) is 15.9. The molecule has 0 spiro atoms. The van der Waals surface area contributed by atoms with Crippen molar-refractivity contribution in [2.45, 2.75) is 44.8 Å². The summed E-state index contributed by atoms with van der Waals surface area (Å²) in [5.41, 5.74) is 7.82. The van der Waals surface area contributed by atoms with Crippen LogP contribution in [0, 0.1) is 0 Å². The molecule has 27 heavy (non-hydrogen) atoms. The van der Waals surface area contributed by atoms with Gasteiger partial charge in [-0.3, -0.25) is 4.79 Å². The molecule has 144 valence electrons. The molecule has 1 amide bonds. The smallest absolute Gasteiger partial charge is 0.254 e. The third-order valence-corrected chi connectivity index (χ3v) is 5.10. The van der Waals surface area contributed by atoms with Crippen LogP contribution >= 0.6 is 0 Å².